The van der Waals surface area contributed by atoms with Crippen molar-refractivity contribution >= 4 is 5.91 Å². The lowest BCUT2D eigenvalue weighted by Crippen LogP contribution is -2.53. The van der Waals surface area contributed by atoms with Crippen molar-refractivity contribution in [2.24, 2.45) is 11.7 Å². The molecule has 12 heavy (non-hydrogen) atoms. The third-order valence-electron chi connectivity index (χ3n) is 2.75. The van der Waals surface area contributed by atoms with E-state index >= 15 is 0 Å². The molecule has 1 aliphatic heterocycles. The number of nitrogens with zero attached hydrogens (tertiary/aromatic N) is 1. The summed E-state index contributed by atoms with van der Waals surface area (Å²) in [5.41, 5.74) is 5.46. The molecule has 1 amide bonds. The van der Waals surface area contributed by atoms with E-state index in [1.165, 1.54) is 0 Å². The molecule has 70 valence electrons. The van der Waals surface area contributed by atoms with Crippen LogP contribution in [0.4, 0.5) is 0 Å². The first-order valence-electron chi connectivity index (χ1n) is 4.64. The van der Waals surface area contributed by atoms with Gasteiger partial charge in [-0.3, -0.25) is 4.79 Å². The van der Waals surface area contributed by atoms with E-state index in [-0.39, 0.29) is 5.91 Å². The summed E-state index contributed by atoms with van der Waals surface area (Å²) < 4.78 is 0. The second-order valence-electron chi connectivity index (χ2n) is 3.62. The fourth-order valence-electron chi connectivity index (χ4n) is 1.85. The van der Waals surface area contributed by atoms with Gasteiger partial charge in [-0.2, -0.15) is 0 Å². The van der Waals surface area contributed by atoms with Crippen LogP contribution < -0.4 is 5.73 Å². The summed E-state index contributed by atoms with van der Waals surface area (Å²) in [4.78, 5) is 13.0. The Balaban J connectivity index is 2.37. The van der Waals surface area contributed by atoms with E-state index in [1.807, 2.05) is 4.90 Å². The molecule has 0 aromatic carbocycles. The average molecular weight is 170 g/mol. The molecular formula is C9H18N2O. The number of amides is 1. The number of nitrogens with two attached hydrogens (primary N) is 1. The van der Waals surface area contributed by atoms with Gasteiger partial charge in [0.1, 0.15) is 0 Å². The molecule has 1 fully saturated rings. The van der Waals surface area contributed by atoms with E-state index in [4.69, 9.17) is 5.73 Å². The number of likely N-dealkylation sites (tertiary alicyclic amines) is 1. The van der Waals surface area contributed by atoms with E-state index < -0.39 is 0 Å². The van der Waals surface area contributed by atoms with Gasteiger partial charge in [-0.1, -0.05) is 6.92 Å². The summed E-state index contributed by atoms with van der Waals surface area (Å²) in [6.45, 7) is 5.48. The van der Waals surface area contributed by atoms with E-state index in [0.29, 0.717) is 12.0 Å². The highest BCUT2D eigenvalue weighted by molar-refractivity contribution is 5.74. The molecule has 0 aromatic heterocycles. The van der Waals surface area contributed by atoms with Crippen molar-refractivity contribution < 1.29 is 4.79 Å². The van der Waals surface area contributed by atoms with Crippen molar-refractivity contribution in [3.8, 4) is 0 Å². The van der Waals surface area contributed by atoms with Gasteiger partial charge in [0.25, 0.3) is 0 Å². The normalized spacial score (nSPS) is 24.9. The maximum absolute atomic E-state index is 11.0. The van der Waals surface area contributed by atoms with Crippen molar-refractivity contribution in [2.75, 3.05) is 13.1 Å². The van der Waals surface area contributed by atoms with Gasteiger partial charge in [0.2, 0.25) is 5.91 Å². The van der Waals surface area contributed by atoms with Crippen LogP contribution in [0.1, 0.15) is 26.7 Å². The Labute approximate surface area is 73.9 Å². The Hall–Kier alpha value is -0.570. The topological polar surface area (TPSA) is 46.3 Å². The number of hydrogen-bond acceptors (Lipinski definition) is 2. The van der Waals surface area contributed by atoms with Gasteiger partial charge in [-0.05, 0) is 25.3 Å². The van der Waals surface area contributed by atoms with Crippen LogP contribution in [0.3, 0.4) is 0 Å². The largest absolute Gasteiger partial charge is 0.340 e. The Morgan fingerprint density at radius 1 is 1.75 bits per heavy atom. The standard InChI is InChI=1S/C9H18N2O/c1-7(3-5-10)9-4-6-11(9)8(2)12/h7,9H,3-6,10H2,1-2H3. The SMILES string of the molecule is CC(=O)N1CCC1C(C)CCN. The lowest BCUT2D eigenvalue weighted by molar-refractivity contribution is -0.138. The smallest absolute Gasteiger partial charge is 0.219 e. The molecule has 2 unspecified atom stereocenters. The van der Waals surface area contributed by atoms with Gasteiger partial charge in [0.05, 0.1) is 0 Å². The molecule has 0 aliphatic carbocycles. The fraction of sp³-hybridized carbons (Fsp3) is 0.889. The van der Waals surface area contributed by atoms with Gasteiger partial charge >= 0.3 is 0 Å². The molecule has 3 heteroatoms. The highest BCUT2D eigenvalue weighted by Crippen LogP contribution is 2.26. The first kappa shape index (κ1) is 9.52. The second kappa shape index (κ2) is 3.90. The Morgan fingerprint density at radius 3 is 2.75 bits per heavy atom. The molecule has 3 nitrogen and oxygen atoms in total. The quantitative estimate of drug-likeness (QED) is 0.674. The highest BCUT2D eigenvalue weighted by Gasteiger charge is 2.33. The zero-order chi connectivity index (χ0) is 9.14. The van der Waals surface area contributed by atoms with Crippen LogP contribution in [0.25, 0.3) is 0 Å². The summed E-state index contributed by atoms with van der Waals surface area (Å²) in [7, 11) is 0. The summed E-state index contributed by atoms with van der Waals surface area (Å²) in [6.07, 6.45) is 2.18. The van der Waals surface area contributed by atoms with Crippen LogP contribution in [0.15, 0.2) is 0 Å². The molecule has 0 aromatic rings. The molecule has 0 bridgehead atoms. The van der Waals surface area contributed by atoms with Gasteiger partial charge in [0, 0.05) is 19.5 Å². The Morgan fingerprint density at radius 2 is 2.42 bits per heavy atom. The van der Waals surface area contributed by atoms with Crippen molar-refractivity contribution in [1.29, 1.82) is 0 Å². The van der Waals surface area contributed by atoms with Crippen LogP contribution in [0, 0.1) is 5.92 Å². The number of carbonyl (C=O) groups is 1. The van der Waals surface area contributed by atoms with E-state index in [0.717, 1.165) is 25.9 Å². The minimum absolute atomic E-state index is 0.204. The van der Waals surface area contributed by atoms with Crippen LogP contribution in [0.5, 0.6) is 0 Å². The van der Waals surface area contributed by atoms with Crippen molar-refractivity contribution in [3.05, 3.63) is 0 Å². The molecule has 1 aliphatic rings. The molecule has 0 radical (unpaired) electrons. The van der Waals surface area contributed by atoms with Gasteiger partial charge in [0.15, 0.2) is 0 Å². The zero-order valence-corrected chi connectivity index (χ0v) is 7.92. The predicted octanol–water partition coefficient (Wildman–Crippen LogP) is 0.592. The maximum Gasteiger partial charge on any atom is 0.219 e. The summed E-state index contributed by atoms with van der Waals surface area (Å²) in [6, 6.07) is 0.464. The second-order valence-corrected chi connectivity index (χ2v) is 3.62. The van der Waals surface area contributed by atoms with E-state index in [1.54, 1.807) is 6.92 Å². The van der Waals surface area contributed by atoms with Gasteiger partial charge in [-0.15, -0.1) is 0 Å². The molecule has 0 saturated carbocycles. The molecule has 0 spiro atoms. The Kier molecular flexibility index (Phi) is 3.09. The number of hydrogen-bond donors (Lipinski definition) is 1. The summed E-state index contributed by atoms with van der Waals surface area (Å²) in [5.74, 6) is 0.766. The van der Waals surface area contributed by atoms with Crippen molar-refractivity contribution in [1.82, 2.24) is 4.90 Å². The van der Waals surface area contributed by atoms with Crippen LogP contribution >= 0.6 is 0 Å². The van der Waals surface area contributed by atoms with Crippen LogP contribution in [-0.2, 0) is 4.79 Å². The first-order valence-corrected chi connectivity index (χ1v) is 4.64. The molecule has 2 N–H and O–H groups in total. The average Bonchev–Trinajstić information content (AvgIpc) is 1.82. The third kappa shape index (κ3) is 1.78. The van der Waals surface area contributed by atoms with Gasteiger partial charge < -0.3 is 10.6 Å². The maximum atomic E-state index is 11.0. The van der Waals surface area contributed by atoms with Gasteiger partial charge in [-0.25, -0.2) is 0 Å². The monoisotopic (exact) mass is 170 g/mol. The summed E-state index contributed by atoms with van der Waals surface area (Å²) in [5, 5.41) is 0. The van der Waals surface area contributed by atoms with Crippen molar-refractivity contribution in [3.63, 3.8) is 0 Å². The molecule has 2 atom stereocenters. The lowest BCUT2D eigenvalue weighted by atomic mass is 9.88. The third-order valence-corrected chi connectivity index (χ3v) is 2.75. The zero-order valence-electron chi connectivity index (χ0n) is 7.92. The minimum atomic E-state index is 0.204. The van der Waals surface area contributed by atoms with Crippen LogP contribution in [-0.4, -0.2) is 29.9 Å². The number of carbonyl (C=O) groups excluding carboxylic acids is 1. The molecule has 1 rings (SSSR count). The minimum Gasteiger partial charge on any atom is -0.340 e. The number of rotatable bonds is 3. The van der Waals surface area contributed by atoms with E-state index in [2.05, 4.69) is 6.92 Å². The van der Waals surface area contributed by atoms with Crippen molar-refractivity contribution in [2.45, 2.75) is 32.7 Å². The predicted molar refractivity (Wildman–Crippen MR) is 48.6 cm³/mol. The highest BCUT2D eigenvalue weighted by atomic mass is 16.2. The molecule has 1 heterocycles. The van der Waals surface area contributed by atoms with Crippen LogP contribution in [0.2, 0.25) is 0 Å². The lowest BCUT2D eigenvalue weighted by Gasteiger charge is -2.44. The summed E-state index contributed by atoms with van der Waals surface area (Å²) >= 11 is 0. The molecule has 1 saturated heterocycles. The fourth-order valence-corrected chi connectivity index (χ4v) is 1.85. The molecular weight excluding hydrogens is 152 g/mol. The Bertz CT molecular complexity index is 170. The van der Waals surface area contributed by atoms with E-state index in [9.17, 15) is 4.79 Å². The first-order chi connectivity index (χ1) is 5.66.